The van der Waals surface area contributed by atoms with Gasteiger partial charge < -0.3 is 10.5 Å². The fourth-order valence-electron chi connectivity index (χ4n) is 1.63. The first-order valence-corrected chi connectivity index (χ1v) is 5.50. The average molecular weight is 260 g/mol. The van der Waals surface area contributed by atoms with Crippen LogP contribution in [0.4, 0.5) is 11.5 Å². The first-order valence-electron chi connectivity index (χ1n) is 5.50. The molecule has 0 atom stereocenters. The van der Waals surface area contributed by atoms with Crippen LogP contribution >= 0.6 is 0 Å². The first-order chi connectivity index (χ1) is 8.97. The number of nitro groups is 1. The fraction of sp³-hybridized carbons (Fsp3) is 0.167. The van der Waals surface area contributed by atoms with Crippen molar-refractivity contribution in [3.8, 4) is 11.6 Å². The predicted molar refractivity (Wildman–Crippen MR) is 69.1 cm³/mol. The first kappa shape index (κ1) is 12.7. The summed E-state index contributed by atoms with van der Waals surface area (Å²) in [5, 5.41) is 18.3. The highest BCUT2D eigenvalue weighted by Crippen LogP contribution is 2.30. The molecule has 0 radical (unpaired) electrons. The van der Waals surface area contributed by atoms with Crippen LogP contribution in [0.2, 0.25) is 0 Å². The Balaban J connectivity index is 2.37. The maximum atomic E-state index is 10.9. The highest BCUT2D eigenvalue weighted by atomic mass is 16.6. The molecule has 1 aromatic heterocycles. The Morgan fingerprint density at radius 2 is 1.95 bits per heavy atom. The predicted octanol–water partition coefficient (Wildman–Crippen LogP) is 2.38. The van der Waals surface area contributed by atoms with E-state index in [0.717, 1.165) is 5.56 Å². The Kier molecular flexibility index (Phi) is 3.28. The molecule has 0 spiro atoms. The molecule has 2 rings (SSSR count). The number of rotatable bonds is 3. The Hall–Kier alpha value is -2.70. The van der Waals surface area contributed by atoms with Gasteiger partial charge in [-0.3, -0.25) is 10.1 Å². The SMILES string of the molecule is Cc1cc(C)c([N+](=O)[O-])cc1Oc1ccc(N)nn1. The van der Waals surface area contributed by atoms with Crippen LogP contribution in [0.15, 0.2) is 24.3 Å². The van der Waals surface area contributed by atoms with Crippen LogP contribution in [-0.2, 0) is 0 Å². The zero-order chi connectivity index (χ0) is 14.0. The Morgan fingerprint density at radius 1 is 1.21 bits per heavy atom. The van der Waals surface area contributed by atoms with Gasteiger partial charge in [-0.2, -0.15) is 0 Å². The van der Waals surface area contributed by atoms with E-state index < -0.39 is 4.92 Å². The molecule has 7 heteroatoms. The highest BCUT2D eigenvalue weighted by Gasteiger charge is 2.15. The van der Waals surface area contributed by atoms with E-state index in [2.05, 4.69) is 10.2 Å². The molecule has 0 amide bonds. The number of hydrogen-bond donors (Lipinski definition) is 1. The molecule has 0 aliphatic heterocycles. The van der Waals surface area contributed by atoms with Gasteiger partial charge in [0.25, 0.3) is 5.69 Å². The van der Waals surface area contributed by atoms with Gasteiger partial charge in [-0.1, -0.05) is 0 Å². The van der Waals surface area contributed by atoms with E-state index in [9.17, 15) is 10.1 Å². The lowest BCUT2D eigenvalue weighted by atomic mass is 10.1. The summed E-state index contributed by atoms with van der Waals surface area (Å²) < 4.78 is 5.48. The van der Waals surface area contributed by atoms with Gasteiger partial charge in [0.2, 0.25) is 5.88 Å². The van der Waals surface area contributed by atoms with Crippen LogP contribution in [-0.4, -0.2) is 15.1 Å². The third-order valence-corrected chi connectivity index (χ3v) is 2.57. The molecule has 0 aliphatic carbocycles. The second kappa shape index (κ2) is 4.89. The largest absolute Gasteiger partial charge is 0.437 e. The molecule has 0 aliphatic rings. The molecule has 1 heterocycles. The minimum absolute atomic E-state index is 0.00371. The number of aromatic nitrogens is 2. The number of nitro benzene ring substituents is 1. The Bertz CT molecular complexity index is 626. The van der Waals surface area contributed by atoms with E-state index in [1.165, 1.54) is 6.07 Å². The van der Waals surface area contributed by atoms with Gasteiger partial charge in [-0.15, -0.1) is 10.2 Å². The molecule has 0 saturated carbocycles. The lowest BCUT2D eigenvalue weighted by Gasteiger charge is -2.08. The molecular weight excluding hydrogens is 248 g/mol. The summed E-state index contributed by atoms with van der Waals surface area (Å²) in [5.41, 5.74) is 6.78. The van der Waals surface area contributed by atoms with Gasteiger partial charge in [0.15, 0.2) is 0 Å². The van der Waals surface area contributed by atoms with E-state index >= 15 is 0 Å². The lowest BCUT2D eigenvalue weighted by molar-refractivity contribution is -0.385. The van der Waals surface area contributed by atoms with Crippen molar-refractivity contribution in [3.05, 3.63) is 45.5 Å². The average Bonchev–Trinajstić information content (AvgIpc) is 2.34. The van der Waals surface area contributed by atoms with E-state index in [0.29, 0.717) is 11.3 Å². The van der Waals surface area contributed by atoms with Crippen molar-refractivity contribution >= 4 is 11.5 Å². The Labute approximate surface area is 109 Å². The van der Waals surface area contributed by atoms with Crippen LogP contribution < -0.4 is 10.5 Å². The van der Waals surface area contributed by atoms with E-state index in [4.69, 9.17) is 10.5 Å². The van der Waals surface area contributed by atoms with Gasteiger partial charge in [0, 0.05) is 11.6 Å². The highest BCUT2D eigenvalue weighted by molar-refractivity contribution is 5.50. The number of ether oxygens (including phenoxy) is 1. The summed E-state index contributed by atoms with van der Waals surface area (Å²) in [6.07, 6.45) is 0. The van der Waals surface area contributed by atoms with Crippen LogP contribution in [0.25, 0.3) is 0 Å². The quantitative estimate of drug-likeness (QED) is 0.671. The van der Waals surface area contributed by atoms with E-state index in [1.54, 1.807) is 32.0 Å². The summed E-state index contributed by atoms with van der Waals surface area (Å²) in [5.74, 6) is 0.880. The van der Waals surface area contributed by atoms with E-state index in [-0.39, 0.29) is 17.4 Å². The van der Waals surface area contributed by atoms with Crippen LogP contribution in [0, 0.1) is 24.0 Å². The van der Waals surface area contributed by atoms with Gasteiger partial charge in [-0.05, 0) is 31.5 Å². The molecule has 19 heavy (non-hydrogen) atoms. The number of anilines is 1. The lowest BCUT2D eigenvalue weighted by Crippen LogP contribution is -1.98. The maximum absolute atomic E-state index is 10.9. The molecule has 7 nitrogen and oxygen atoms in total. The second-order valence-electron chi connectivity index (χ2n) is 4.06. The van der Waals surface area contributed by atoms with Crippen molar-refractivity contribution in [1.82, 2.24) is 10.2 Å². The summed E-state index contributed by atoms with van der Waals surface area (Å²) in [7, 11) is 0. The molecule has 0 saturated heterocycles. The van der Waals surface area contributed by atoms with Gasteiger partial charge in [0.1, 0.15) is 11.6 Å². The minimum Gasteiger partial charge on any atom is -0.437 e. The normalized spacial score (nSPS) is 10.2. The minimum atomic E-state index is -0.448. The van der Waals surface area contributed by atoms with Crippen LogP contribution in [0.5, 0.6) is 11.6 Å². The van der Waals surface area contributed by atoms with Crippen LogP contribution in [0.1, 0.15) is 11.1 Å². The number of hydrogen-bond acceptors (Lipinski definition) is 6. The third kappa shape index (κ3) is 2.76. The summed E-state index contributed by atoms with van der Waals surface area (Å²) in [4.78, 5) is 10.4. The molecule has 0 bridgehead atoms. The third-order valence-electron chi connectivity index (χ3n) is 2.57. The van der Waals surface area contributed by atoms with Gasteiger partial charge in [0.05, 0.1) is 11.0 Å². The van der Waals surface area contributed by atoms with Crippen molar-refractivity contribution in [2.24, 2.45) is 0 Å². The molecule has 2 N–H and O–H groups in total. The summed E-state index contributed by atoms with van der Waals surface area (Å²) in [6.45, 7) is 3.48. The number of aryl methyl sites for hydroxylation is 2. The molecule has 0 unspecified atom stereocenters. The number of nitrogens with zero attached hydrogens (tertiary/aromatic N) is 3. The zero-order valence-electron chi connectivity index (χ0n) is 10.5. The van der Waals surface area contributed by atoms with Gasteiger partial charge >= 0.3 is 0 Å². The van der Waals surface area contributed by atoms with Crippen molar-refractivity contribution < 1.29 is 9.66 Å². The number of benzene rings is 1. The molecule has 98 valence electrons. The van der Waals surface area contributed by atoms with Crippen molar-refractivity contribution in [2.45, 2.75) is 13.8 Å². The Morgan fingerprint density at radius 3 is 2.53 bits per heavy atom. The molecule has 1 aromatic carbocycles. The monoisotopic (exact) mass is 260 g/mol. The van der Waals surface area contributed by atoms with Crippen LogP contribution in [0.3, 0.4) is 0 Å². The van der Waals surface area contributed by atoms with Crippen molar-refractivity contribution in [3.63, 3.8) is 0 Å². The van der Waals surface area contributed by atoms with E-state index in [1.807, 2.05) is 0 Å². The fourth-order valence-corrected chi connectivity index (χ4v) is 1.63. The molecule has 0 fully saturated rings. The number of nitrogens with two attached hydrogens (primary N) is 1. The number of nitrogen functional groups attached to an aromatic ring is 1. The second-order valence-corrected chi connectivity index (χ2v) is 4.06. The summed E-state index contributed by atoms with van der Waals surface area (Å²) >= 11 is 0. The van der Waals surface area contributed by atoms with Crippen molar-refractivity contribution in [2.75, 3.05) is 5.73 Å². The molecule has 2 aromatic rings. The topological polar surface area (TPSA) is 104 Å². The molecular formula is C12H12N4O3. The summed E-state index contributed by atoms with van der Waals surface area (Å²) in [6, 6.07) is 6.16. The van der Waals surface area contributed by atoms with Crippen molar-refractivity contribution in [1.29, 1.82) is 0 Å². The van der Waals surface area contributed by atoms with Gasteiger partial charge in [-0.25, -0.2) is 0 Å². The maximum Gasteiger partial charge on any atom is 0.276 e. The standard InChI is InChI=1S/C12H12N4O3/c1-7-5-8(2)10(6-9(7)16(17)18)19-12-4-3-11(13)14-15-12/h3-6H,1-2H3,(H2,13,14). The zero-order valence-corrected chi connectivity index (χ0v) is 10.5. The smallest absolute Gasteiger partial charge is 0.276 e.